The lowest BCUT2D eigenvalue weighted by Gasteiger charge is -2.26. The summed E-state index contributed by atoms with van der Waals surface area (Å²) in [6, 6.07) is 9.73. The Labute approximate surface area is 157 Å². The number of aliphatic imine (C=N–C) groups is 1. The molecule has 0 spiro atoms. The zero-order chi connectivity index (χ0) is 19.4. The normalized spacial score (nSPS) is 12.9. The van der Waals surface area contributed by atoms with Gasteiger partial charge in [-0.25, -0.2) is 17.9 Å². The van der Waals surface area contributed by atoms with E-state index in [0.717, 1.165) is 21.8 Å². The van der Waals surface area contributed by atoms with Crippen LogP contribution in [0.15, 0.2) is 45.6 Å². The average molecular weight is 399 g/mol. The van der Waals surface area contributed by atoms with Gasteiger partial charge < -0.3 is 10.6 Å². The van der Waals surface area contributed by atoms with Gasteiger partial charge in [0.2, 0.25) is 10.0 Å². The number of guanidine groups is 1. The van der Waals surface area contributed by atoms with Crippen LogP contribution in [0.25, 0.3) is 0 Å². The van der Waals surface area contributed by atoms with E-state index in [1.165, 1.54) is 18.2 Å². The summed E-state index contributed by atoms with van der Waals surface area (Å²) in [6.07, 6.45) is 0. The second-order valence-corrected chi connectivity index (χ2v) is 9.40. The number of rotatable bonds is 6. The fourth-order valence-corrected chi connectivity index (χ4v) is 4.03. The summed E-state index contributed by atoms with van der Waals surface area (Å²) < 4.78 is 36.2. The minimum atomic E-state index is -3.68. The van der Waals surface area contributed by atoms with Gasteiger partial charge in [0.05, 0.1) is 6.54 Å². The first-order valence-corrected chi connectivity index (χ1v) is 10.3. The Kier molecular flexibility index (Phi) is 6.38. The largest absolute Gasteiger partial charge is 0.356 e. The molecule has 2 rings (SSSR count). The van der Waals surface area contributed by atoms with Gasteiger partial charge in [-0.05, 0) is 29.8 Å². The molecule has 0 radical (unpaired) electrons. The average Bonchev–Trinajstić information content (AvgIpc) is 3.04. The number of hydrogen-bond donors (Lipinski definition) is 3. The fourth-order valence-electron chi connectivity index (χ4n) is 2.31. The Morgan fingerprint density at radius 3 is 2.58 bits per heavy atom. The van der Waals surface area contributed by atoms with E-state index in [0.29, 0.717) is 19.0 Å². The molecule has 0 aliphatic heterocycles. The first-order chi connectivity index (χ1) is 12.1. The van der Waals surface area contributed by atoms with E-state index in [2.05, 4.69) is 15.6 Å². The predicted molar refractivity (Wildman–Crippen MR) is 103 cm³/mol. The third-order valence-corrected chi connectivity index (χ3v) is 6.40. The van der Waals surface area contributed by atoms with Gasteiger partial charge in [0.25, 0.3) is 0 Å². The Morgan fingerprint density at radius 1 is 1.27 bits per heavy atom. The zero-order valence-corrected chi connectivity index (χ0v) is 16.5. The summed E-state index contributed by atoms with van der Waals surface area (Å²) in [4.78, 5) is 4.98. The molecule has 0 fully saturated rings. The highest BCUT2D eigenvalue weighted by atomic mass is 32.2. The number of nitrogens with zero attached hydrogens (tertiary/aromatic N) is 1. The maximum atomic E-state index is 13.4. The van der Waals surface area contributed by atoms with E-state index in [4.69, 9.17) is 5.14 Å². The minimum absolute atomic E-state index is 0.129. The van der Waals surface area contributed by atoms with E-state index >= 15 is 0 Å². The first kappa shape index (κ1) is 20.3. The molecule has 26 heavy (non-hydrogen) atoms. The Bertz CT molecular complexity index is 892. The highest BCUT2D eigenvalue weighted by Gasteiger charge is 2.21. The van der Waals surface area contributed by atoms with Crippen LogP contribution >= 0.6 is 11.3 Å². The molecular weight excluding hydrogens is 375 g/mol. The van der Waals surface area contributed by atoms with Gasteiger partial charge in [0.15, 0.2) is 5.96 Å². The molecule has 1 aromatic heterocycles. The third-order valence-electron chi connectivity index (χ3n) is 3.87. The van der Waals surface area contributed by atoms with E-state index < -0.39 is 10.0 Å². The molecule has 0 atom stereocenters. The number of nitrogens with one attached hydrogen (secondary N) is 2. The maximum Gasteiger partial charge on any atom is 0.247 e. The van der Waals surface area contributed by atoms with E-state index in [-0.39, 0.29) is 15.4 Å². The highest BCUT2D eigenvalue weighted by Crippen LogP contribution is 2.23. The maximum absolute atomic E-state index is 13.4. The highest BCUT2D eigenvalue weighted by molar-refractivity contribution is 7.91. The molecule has 142 valence electrons. The molecule has 0 saturated heterocycles. The van der Waals surface area contributed by atoms with Crippen LogP contribution in [-0.4, -0.2) is 28.0 Å². The van der Waals surface area contributed by atoms with Gasteiger partial charge in [-0.1, -0.05) is 26.0 Å². The van der Waals surface area contributed by atoms with Crippen molar-refractivity contribution in [3.8, 4) is 0 Å². The SMILES string of the molecule is CN=C(NCc1ccc(S(N)(=O)=O)s1)NCC(C)(C)c1cccc(F)c1. The lowest BCUT2D eigenvalue weighted by atomic mass is 9.84. The summed E-state index contributed by atoms with van der Waals surface area (Å²) >= 11 is 1.11. The van der Waals surface area contributed by atoms with Crippen LogP contribution in [0.3, 0.4) is 0 Å². The van der Waals surface area contributed by atoms with Crippen LogP contribution in [0.2, 0.25) is 0 Å². The van der Waals surface area contributed by atoms with Crippen molar-refractivity contribution in [2.45, 2.75) is 30.0 Å². The summed E-state index contributed by atoms with van der Waals surface area (Å²) in [5.74, 6) is 0.307. The van der Waals surface area contributed by atoms with Gasteiger partial charge in [-0.15, -0.1) is 11.3 Å². The van der Waals surface area contributed by atoms with Gasteiger partial charge in [-0.2, -0.15) is 0 Å². The van der Waals surface area contributed by atoms with Crippen molar-refractivity contribution < 1.29 is 12.8 Å². The van der Waals surface area contributed by atoms with Gasteiger partial charge >= 0.3 is 0 Å². The fraction of sp³-hybridized carbons (Fsp3) is 0.353. The van der Waals surface area contributed by atoms with Crippen molar-refractivity contribution in [1.29, 1.82) is 0 Å². The standard InChI is InChI=1S/C17H23FN4O2S2/c1-17(2,12-5-4-6-13(18)9-12)11-22-16(20-3)21-10-14-7-8-15(25-14)26(19,23)24/h4-9H,10-11H2,1-3H3,(H2,19,23,24)(H2,20,21,22). The Hall–Kier alpha value is -1.97. The second-order valence-electron chi connectivity index (χ2n) is 6.44. The van der Waals surface area contributed by atoms with E-state index in [9.17, 15) is 12.8 Å². The number of benzene rings is 1. The van der Waals surface area contributed by atoms with Crippen LogP contribution in [0.1, 0.15) is 24.3 Å². The van der Waals surface area contributed by atoms with Crippen LogP contribution in [0, 0.1) is 5.82 Å². The van der Waals surface area contributed by atoms with E-state index in [1.54, 1.807) is 19.2 Å². The summed E-state index contributed by atoms with van der Waals surface area (Å²) in [7, 11) is -2.03. The number of thiophene rings is 1. The smallest absolute Gasteiger partial charge is 0.247 e. The van der Waals surface area contributed by atoms with Crippen molar-refractivity contribution >= 4 is 27.3 Å². The molecule has 0 saturated carbocycles. The van der Waals surface area contributed by atoms with Crippen molar-refractivity contribution in [2.75, 3.05) is 13.6 Å². The quantitative estimate of drug-likeness (QED) is 0.513. The Balaban J connectivity index is 1.94. The third kappa shape index (κ3) is 5.52. The summed E-state index contributed by atoms with van der Waals surface area (Å²) in [6.45, 7) is 4.99. The molecular formula is C17H23FN4O2S2. The summed E-state index contributed by atoms with van der Waals surface area (Å²) in [5, 5.41) is 11.5. The predicted octanol–water partition coefficient (Wildman–Crippen LogP) is 2.18. The first-order valence-electron chi connectivity index (χ1n) is 7.94. The van der Waals surface area contributed by atoms with Crippen molar-refractivity contribution in [3.63, 3.8) is 0 Å². The van der Waals surface area contributed by atoms with Crippen LogP contribution in [0.4, 0.5) is 4.39 Å². The molecule has 4 N–H and O–H groups in total. The molecule has 9 heteroatoms. The number of sulfonamides is 1. The second kappa shape index (κ2) is 8.15. The monoisotopic (exact) mass is 398 g/mol. The van der Waals surface area contributed by atoms with Crippen LogP contribution in [0.5, 0.6) is 0 Å². The van der Waals surface area contributed by atoms with Crippen LogP contribution < -0.4 is 15.8 Å². The molecule has 1 heterocycles. The van der Waals surface area contributed by atoms with Crippen molar-refractivity contribution in [1.82, 2.24) is 10.6 Å². The molecule has 0 unspecified atom stereocenters. The lowest BCUT2D eigenvalue weighted by molar-refractivity contribution is 0.503. The minimum Gasteiger partial charge on any atom is -0.356 e. The molecule has 1 aromatic carbocycles. The molecule has 0 aliphatic rings. The van der Waals surface area contributed by atoms with Gasteiger partial charge in [-0.3, -0.25) is 4.99 Å². The van der Waals surface area contributed by atoms with E-state index in [1.807, 2.05) is 19.9 Å². The zero-order valence-electron chi connectivity index (χ0n) is 14.9. The van der Waals surface area contributed by atoms with Gasteiger partial charge in [0.1, 0.15) is 10.0 Å². The molecule has 0 bridgehead atoms. The molecule has 0 aliphatic carbocycles. The number of nitrogens with two attached hydrogens (primary N) is 1. The topological polar surface area (TPSA) is 96.6 Å². The molecule has 2 aromatic rings. The van der Waals surface area contributed by atoms with Crippen molar-refractivity contribution in [3.05, 3.63) is 52.7 Å². The van der Waals surface area contributed by atoms with Crippen molar-refractivity contribution in [2.24, 2.45) is 10.1 Å². The Morgan fingerprint density at radius 2 is 2.00 bits per heavy atom. The number of hydrogen-bond acceptors (Lipinski definition) is 4. The van der Waals surface area contributed by atoms with Crippen LogP contribution in [-0.2, 0) is 22.0 Å². The summed E-state index contributed by atoms with van der Waals surface area (Å²) in [5.41, 5.74) is 0.584. The lowest BCUT2D eigenvalue weighted by Crippen LogP contribution is -2.43. The number of halogens is 1. The molecule has 6 nitrogen and oxygen atoms in total. The van der Waals surface area contributed by atoms with Gasteiger partial charge in [0, 0.05) is 23.9 Å². The number of primary sulfonamides is 1. The molecule has 0 amide bonds.